The van der Waals surface area contributed by atoms with E-state index in [1.54, 1.807) is 13.8 Å². The zero-order valence-corrected chi connectivity index (χ0v) is 8.51. The fourth-order valence-electron chi connectivity index (χ4n) is 1.14. The number of rotatable bonds is 4. The highest BCUT2D eigenvalue weighted by Gasteiger charge is 2.35. The summed E-state index contributed by atoms with van der Waals surface area (Å²) in [5.41, 5.74) is 4.21. The van der Waals surface area contributed by atoms with Crippen LogP contribution < -0.4 is 5.73 Å². The maximum Gasteiger partial charge on any atom is 0.389 e. The van der Waals surface area contributed by atoms with E-state index in [0.717, 1.165) is 0 Å². The van der Waals surface area contributed by atoms with Crippen LogP contribution in [-0.4, -0.2) is 20.6 Å². The number of aromatic nitrogens is 2. The Morgan fingerprint density at radius 1 is 1.80 bits per heavy atom. The van der Waals surface area contributed by atoms with E-state index in [9.17, 15) is 14.9 Å². The third kappa shape index (κ3) is 1.80. The Balaban J connectivity index is 3.14. The minimum atomic E-state index is -1.02. The summed E-state index contributed by atoms with van der Waals surface area (Å²) in [6.45, 7) is 3.35. The molecule has 0 fully saturated rings. The van der Waals surface area contributed by atoms with Crippen LogP contribution in [0.5, 0.6) is 0 Å². The highest BCUT2D eigenvalue weighted by atomic mass is 16.6. The fraction of sp³-hybridized carbons (Fsp3) is 0.500. The second-order valence-electron chi connectivity index (χ2n) is 3.37. The molecule has 0 spiro atoms. The monoisotopic (exact) mass is 212 g/mol. The molecule has 82 valence electrons. The Hall–Kier alpha value is -1.92. The summed E-state index contributed by atoms with van der Waals surface area (Å²) in [6.07, 6.45) is 1.80. The van der Waals surface area contributed by atoms with Gasteiger partial charge in [-0.1, -0.05) is 6.92 Å². The van der Waals surface area contributed by atoms with E-state index in [1.165, 1.54) is 16.9 Å². The summed E-state index contributed by atoms with van der Waals surface area (Å²) >= 11 is 0. The number of carbonyl (C=O) groups is 1. The van der Waals surface area contributed by atoms with Crippen molar-refractivity contribution < 1.29 is 9.72 Å². The lowest BCUT2D eigenvalue weighted by Crippen LogP contribution is -2.43. The molecular formula is C8H12N4O3. The highest BCUT2D eigenvalue weighted by Crippen LogP contribution is 2.20. The van der Waals surface area contributed by atoms with Crippen LogP contribution in [0.15, 0.2) is 12.3 Å². The van der Waals surface area contributed by atoms with Gasteiger partial charge in [0.25, 0.3) is 0 Å². The Labute approximate surface area is 86.0 Å². The molecule has 1 rings (SSSR count). The van der Waals surface area contributed by atoms with Gasteiger partial charge < -0.3 is 15.8 Å². The first-order chi connectivity index (χ1) is 6.91. The van der Waals surface area contributed by atoms with Crippen molar-refractivity contribution in [3.63, 3.8) is 0 Å². The van der Waals surface area contributed by atoms with Gasteiger partial charge in [0.2, 0.25) is 5.91 Å². The number of hydrogen-bond donors (Lipinski definition) is 1. The van der Waals surface area contributed by atoms with E-state index in [-0.39, 0.29) is 5.82 Å². The smallest absolute Gasteiger partial charge is 0.368 e. The summed E-state index contributed by atoms with van der Waals surface area (Å²) in [5, 5.41) is 14.1. The lowest BCUT2D eigenvalue weighted by Gasteiger charge is -2.21. The van der Waals surface area contributed by atoms with Crippen LogP contribution >= 0.6 is 0 Å². The van der Waals surface area contributed by atoms with E-state index >= 15 is 0 Å². The average molecular weight is 212 g/mol. The number of carbonyl (C=O) groups excluding carboxylic acids is 1. The molecule has 7 nitrogen and oxygen atoms in total. The molecular weight excluding hydrogens is 200 g/mol. The lowest BCUT2D eigenvalue weighted by molar-refractivity contribution is -0.389. The molecule has 0 radical (unpaired) electrons. The Morgan fingerprint density at radius 2 is 2.40 bits per heavy atom. The van der Waals surface area contributed by atoms with Crippen molar-refractivity contribution in [2.24, 2.45) is 5.73 Å². The van der Waals surface area contributed by atoms with Gasteiger partial charge in [0.05, 0.1) is 17.4 Å². The number of amides is 1. The standard InChI is InChI=1S/C8H12N4O3/c1-3-8(2,7(9)13)11-5-4-6(10-11)12(14)15/h4-5H,3H2,1-2H3,(H2,9,13). The van der Waals surface area contributed by atoms with Crippen LogP contribution in [0.1, 0.15) is 20.3 Å². The van der Waals surface area contributed by atoms with Gasteiger partial charge in [0.15, 0.2) is 5.54 Å². The minimum absolute atomic E-state index is 0.295. The molecule has 0 saturated carbocycles. The third-order valence-electron chi connectivity index (χ3n) is 2.49. The quantitative estimate of drug-likeness (QED) is 0.576. The third-order valence-corrected chi connectivity index (χ3v) is 2.49. The number of nitrogens with two attached hydrogens (primary N) is 1. The maximum absolute atomic E-state index is 11.2. The van der Waals surface area contributed by atoms with Crippen LogP contribution in [0.2, 0.25) is 0 Å². The van der Waals surface area contributed by atoms with Gasteiger partial charge in [0, 0.05) is 0 Å². The van der Waals surface area contributed by atoms with Crippen LogP contribution in [-0.2, 0) is 10.3 Å². The molecule has 0 aromatic carbocycles. The molecule has 0 aliphatic rings. The predicted molar refractivity (Wildman–Crippen MR) is 52.0 cm³/mol. The SMILES string of the molecule is CCC(C)(C(N)=O)n1ccc([N+](=O)[O-])n1. The maximum atomic E-state index is 11.2. The largest absolute Gasteiger partial charge is 0.389 e. The number of nitro groups is 1. The fourth-order valence-corrected chi connectivity index (χ4v) is 1.14. The second kappa shape index (κ2) is 3.68. The Bertz CT molecular complexity index is 400. The number of primary amides is 1. The van der Waals surface area contributed by atoms with Crippen molar-refractivity contribution in [2.45, 2.75) is 25.8 Å². The molecule has 1 atom stereocenters. The van der Waals surface area contributed by atoms with Crippen molar-refractivity contribution in [1.82, 2.24) is 9.78 Å². The van der Waals surface area contributed by atoms with Crippen LogP contribution in [0.25, 0.3) is 0 Å². The van der Waals surface area contributed by atoms with Crippen LogP contribution in [0, 0.1) is 10.1 Å². The summed E-state index contributed by atoms with van der Waals surface area (Å²) in [5.74, 6) is -0.862. The van der Waals surface area contributed by atoms with E-state index in [0.29, 0.717) is 6.42 Å². The minimum Gasteiger partial charge on any atom is -0.368 e. The molecule has 0 saturated heterocycles. The summed E-state index contributed by atoms with van der Waals surface area (Å²) in [4.78, 5) is 21.0. The normalized spacial score (nSPS) is 14.5. The highest BCUT2D eigenvalue weighted by molar-refractivity contribution is 5.82. The van der Waals surface area contributed by atoms with Crippen molar-refractivity contribution >= 4 is 11.7 Å². The number of hydrogen-bond acceptors (Lipinski definition) is 4. The lowest BCUT2D eigenvalue weighted by atomic mass is 9.99. The van der Waals surface area contributed by atoms with Gasteiger partial charge in [-0.25, -0.2) is 0 Å². The second-order valence-corrected chi connectivity index (χ2v) is 3.37. The molecule has 0 aliphatic heterocycles. The number of nitrogens with zero attached hydrogens (tertiary/aromatic N) is 3. The molecule has 1 aromatic rings. The van der Waals surface area contributed by atoms with E-state index < -0.39 is 16.4 Å². The van der Waals surface area contributed by atoms with E-state index in [4.69, 9.17) is 5.73 Å². The zero-order valence-electron chi connectivity index (χ0n) is 8.51. The molecule has 0 aliphatic carbocycles. The predicted octanol–water partition coefficient (Wildman–Crippen LogP) is 0.402. The van der Waals surface area contributed by atoms with Gasteiger partial charge in [-0.2, -0.15) is 4.68 Å². The topological polar surface area (TPSA) is 104 Å². The van der Waals surface area contributed by atoms with Crippen molar-refractivity contribution in [2.75, 3.05) is 0 Å². The van der Waals surface area contributed by atoms with Crippen molar-refractivity contribution in [1.29, 1.82) is 0 Å². The molecule has 15 heavy (non-hydrogen) atoms. The molecule has 1 aromatic heterocycles. The van der Waals surface area contributed by atoms with Gasteiger partial charge >= 0.3 is 5.82 Å². The molecule has 1 amide bonds. The van der Waals surface area contributed by atoms with E-state index in [1.807, 2.05) is 0 Å². The summed E-state index contributed by atoms with van der Waals surface area (Å²) in [6, 6.07) is 1.23. The van der Waals surface area contributed by atoms with Crippen molar-refractivity contribution in [3.05, 3.63) is 22.4 Å². The Morgan fingerprint density at radius 3 is 2.73 bits per heavy atom. The zero-order chi connectivity index (χ0) is 11.6. The molecule has 1 unspecified atom stereocenters. The molecule has 2 N–H and O–H groups in total. The summed E-state index contributed by atoms with van der Waals surface area (Å²) in [7, 11) is 0. The van der Waals surface area contributed by atoms with Crippen LogP contribution in [0.4, 0.5) is 5.82 Å². The van der Waals surface area contributed by atoms with Gasteiger partial charge in [-0.3, -0.25) is 4.79 Å². The molecule has 7 heteroatoms. The first-order valence-electron chi connectivity index (χ1n) is 4.42. The molecule has 1 heterocycles. The Kier molecular flexibility index (Phi) is 2.74. The summed E-state index contributed by atoms with van der Waals surface area (Å²) < 4.78 is 1.23. The van der Waals surface area contributed by atoms with Crippen molar-refractivity contribution in [3.8, 4) is 0 Å². The average Bonchev–Trinajstić information content (AvgIpc) is 2.65. The first-order valence-corrected chi connectivity index (χ1v) is 4.42. The molecule has 0 bridgehead atoms. The van der Waals surface area contributed by atoms with Gasteiger partial charge in [-0.05, 0) is 18.3 Å². The van der Waals surface area contributed by atoms with Gasteiger partial charge in [-0.15, -0.1) is 0 Å². The first kappa shape index (κ1) is 11.2. The van der Waals surface area contributed by atoms with Gasteiger partial charge in [0.1, 0.15) is 0 Å². The van der Waals surface area contributed by atoms with Crippen LogP contribution in [0.3, 0.4) is 0 Å². The van der Waals surface area contributed by atoms with E-state index in [2.05, 4.69) is 5.10 Å².